The molecule has 0 aromatic carbocycles. The average molecular weight is 259 g/mol. The van der Waals surface area contributed by atoms with Crippen LogP contribution in [0.25, 0.3) is 0 Å². The molecule has 1 aliphatic rings. The van der Waals surface area contributed by atoms with E-state index in [1.54, 1.807) is 6.26 Å². The quantitative estimate of drug-likeness (QED) is 0.691. The van der Waals surface area contributed by atoms with E-state index in [9.17, 15) is 4.79 Å². The molecule has 1 heterocycles. The highest BCUT2D eigenvalue weighted by Crippen LogP contribution is 2.22. The molecule has 1 amide bonds. The third kappa shape index (κ3) is 3.97. The molecule has 0 saturated heterocycles. The number of methoxy groups -OCH3 is 2. The predicted molar refractivity (Wildman–Crippen MR) is 64.4 cm³/mol. The molecule has 0 radical (unpaired) electrons. The van der Waals surface area contributed by atoms with Crippen molar-refractivity contribution < 1.29 is 23.7 Å². The van der Waals surface area contributed by atoms with Crippen molar-refractivity contribution in [3.8, 4) is 0 Å². The summed E-state index contributed by atoms with van der Waals surface area (Å²) in [6, 6.07) is 0. The van der Waals surface area contributed by atoms with Crippen molar-refractivity contribution in [1.29, 1.82) is 0 Å². The first kappa shape index (κ1) is 14.9. The minimum absolute atomic E-state index is 0.118. The van der Waals surface area contributed by atoms with Crippen LogP contribution in [0.15, 0.2) is 12.0 Å². The van der Waals surface area contributed by atoms with Gasteiger partial charge >= 0.3 is 0 Å². The molecule has 18 heavy (non-hydrogen) atoms. The summed E-state index contributed by atoms with van der Waals surface area (Å²) in [5, 5.41) is 0. The van der Waals surface area contributed by atoms with Crippen molar-refractivity contribution in [2.75, 3.05) is 27.4 Å². The van der Waals surface area contributed by atoms with Gasteiger partial charge in [-0.05, 0) is 0 Å². The third-order valence-corrected chi connectivity index (χ3v) is 2.63. The van der Waals surface area contributed by atoms with Crippen LogP contribution >= 0.6 is 0 Å². The van der Waals surface area contributed by atoms with Gasteiger partial charge < -0.3 is 23.8 Å². The maximum Gasteiger partial charge on any atom is 0.223 e. The monoisotopic (exact) mass is 259 g/mol. The van der Waals surface area contributed by atoms with E-state index in [1.165, 1.54) is 26.0 Å². The van der Waals surface area contributed by atoms with Crippen molar-refractivity contribution in [3.63, 3.8) is 0 Å². The van der Waals surface area contributed by atoms with Gasteiger partial charge in [-0.2, -0.15) is 0 Å². The first-order valence-corrected chi connectivity index (χ1v) is 5.74. The summed E-state index contributed by atoms with van der Waals surface area (Å²) >= 11 is 0. The lowest BCUT2D eigenvalue weighted by Gasteiger charge is -2.34. The zero-order valence-corrected chi connectivity index (χ0v) is 11.6. The van der Waals surface area contributed by atoms with Crippen molar-refractivity contribution in [1.82, 2.24) is 4.90 Å². The summed E-state index contributed by atoms with van der Waals surface area (Å²) in [6.07, 6.45) is 1.07. The zero-order chi connectivity index (χ0) is 13.8. The van der Waals surface area contributed by atoms with Crippen LogP contribution in [0.2, 0.25) is 0 Å². The Balaban J connectivity index is 2.74. The van der Waals surface area contributed by atoms with Crippen molar-refractivity contribution >= 4 is 5.91 Å². The SMILES string of the molecule is COC(CN(C(C)=O)C1=COC(C)(C)OC1)OC. The summed E-state index contributed by atoms with van der Waals surface area (Å²) in [5.41, 5.74) is 0.654. The second kappa shape index (κ2) is 6.17. The molecule has 0 spiro atoms. The summed E-state index contributed by atoms with van der Waals surface area (Å²) in [7, 11) is 3.05. The molecular formula is C12H21NO5. The normalized spacial score (nSPS) is 18.2. The average Bonchev–Trinajstić information content (AvgIpc) is 2.31. The minimum atomic E-state index is -0.659. The first-order valence-electron chi connectivity index (χ1n) is 5.74. The molecule has 0 saturated carbocycles. The molecule has 0 bridgehead atoms. The summed E-state index contributed by atoms with van der Waals surface area (Å²) in [4.78, 5) is 13.2. The second-order valence-electron chi connectivity index (χ2n) is 4.45. The molecule has 1 aliphatic heterocycles. The van der Waals surface area contributed by atoms with Gasteiger partial charge in [-0.15, -0.1) is 0 Å². The molecule has 0 aliphatic carbocycles. The van der Waals surface area contributed by atoms with Crippen LogP contribution in [0.5, 0.6) is 0 Å². The molecule has 0 atom stereocenters. The fraction of sp³-hybridized carbons (Fsp3) is 0.750. The smallest absolute Gasteiger partial charge is 0.223 e. The highest BCUT2D eigenvalue weighted by atomic mass is 16.7. The molecule has 6 nitrogen and oxygen atoms in total. The fourth-order valence-electron chi connectivity index (χ4n) is 1.51. The number of rotatable bonds is 5. The Labute approximate surface area is 107 Å². The van der Waals surface area contributed by atoms with Crippen LogP contribution < -0.4 is 0 Å². The van der Waals surface area contributed by atoms with Crippen molar-refractivity contribution in [3.05, 3.63) is 12.0 Å². The van der Waals surface area contributed by atoms with E-state index in [0.717, 1.165) is 0 Å². The van der Waals surface area contributed by atoms with E-state index in [0.29, 0.717) is 18.8 Å². The van der Waals surface area contributed by atoms with Crippen LogP contribution in [0.1, 0.15) is 20.8 Å². The predicted octanol–water partition coefficient (Wildman–Crippen LogP) is 1.08. The minimum Gasteiger partial charge on any atom is -0.469 e. The van der Waals surface area contributed by atoms with Gasteiger partial charge in [0.1, 0.15) is 6.26 Å². The van der Waals surface area contributed by atoms with E-state index in [-0.39, 0.29) is 5.91 Å². The Morgan fingerprint density at radius 3 is 2.50 bits per heavy atom. The Morgan fingerprint density at radius 2 is 2.11 bits per heavy atom. The van der Waals surface area contributed by atoms with Crippen LogP contribution in [0.4, 0.5) is 0 Å². The Morgan fingerprint density at radius 1 is 1.50 bits per heavy atom. The number of amides is 1. The lowest BCUT2D eigenvalue weighted by atomic mass is 10.3. The molecule has 104 valence electrons. The fourth-order valence-corrected chi connectivity index (χ4v) is 1.51. The van der Waals surface area contributed by atoms with Gasteiger partial charge in [0.25, 0.3) is 0 Å². The van der Waals surface area contributed by atoms with Gasteiger partial charge in [-0.3, -0.25) is 4.79 Å². The maximum absolute atomic E-state index is 11.6. The van der Waals surface area contributed by atoms with E-state index in [4.69, 9.17) is 18.9 Å². The van der Waals surface area contributed by atoms with Crippen LogP contribution in [0, 0.1) is 0 Å². The second-order valence-corrected chi connectivity index (χ2v) is 4.45. The summed E-state index contributed by atoms with van der Waals surface area (Å²) in [5.74, 6) is -0.777. The van der Waals surface area contributed by atoms with E-state index in [2.05, 4.69) is 0 Å². The molecule has 6 heteroatoms. The summed E-state index contributed by atoms with van der Waals surface area (Å²) < 4.78 is 21.1. The van der Waals surface area contributed by atoms with Gasteiger partial charge in [0.05, 0.1) is 18.8 Å². The number of ether oxygens (including phenoxy) is 4. The highest BCUT2D eigenvalue weighted by Gasteiger charge is 2.28. The molecule has 0 aromatic heterocycles. The third-order valence-electron chi connectivity index (χ3n) is 2.63. The van der Waals surface area contributed by atoms with E-state index >= 15 is 0 Å². The first-order chi connectivity index (χ1) is 8.39. The standard InChI is InChI=1S/C12H21NO5/c1-9(14)13(6-11(15-4)16-5)10-7-17-12(2,3)18-8-10/h7,11H,6,8H2,1-5H3. The van der Waals surface area contributed by atoms with Gasteiger partial charge in [0, 0.05) is 35.0 Å². The van der Waals surface area contributed by atoms with E-state index < -0.39 is 12.1 Å². The zero-order valence-electron chi connectivity index (χ0n) is 11.6. The largest absolute Gasteiger partial charge is 0.469 e. The lowest BCUT2D eigenvalue weighted by molar-refractivity contribution is -0.197. The summed E-state index contributed by atoms with van der Waals surface area (Å²) in [6.45, 7) is 5.70. The lowest BCUT2D eigenvalue weighted by Crippen LogP contribution is -2.42. The Hall–Kier alpha value is -1.11. The van der Waals surface area contributed by atoms with E-state index in [1.807, 2.05) is 13.8 Å². The van der Waals surface area contributed by atoms with Gasteiger partial charge in [-0.25, -0.2) is 0 Å². The number of hydrogen-bond acceptors (Lipinski definition) is 5. The van der Waals surface area contributed by atoms with Crippen molar-refractivity contribution in [2.45, 2.75) is 32.8 Å². The number of hydrogen-bond donors (Lipinski definition) is 0. The number of carbonyl (C=O) groups excluding carboxylic acids is 1. The molecule has 0 unspecified atom stereocenters. The molecule has 1 rings (SSSR count). The van der Waals surface area contributed by atoms with Gasteiger partial charge in [0.2, 0.25) is 11.7 Å². The van der Waals surface area contributed by atoms with Crippen LogP contribution in [-0.4, -0.2) is 50.3 Å². The molecule has 0 fully saturated rings. The number of carbonyl (C=O) groups is 1. The van der Waals surface area contributed by atoms with Gasteiger partial charge in [0.15, 0.2) is 6.29 Å². The topological polar surface area (TPSA) is 57.2 Å². The molecule has 0 aromatic rings. The molecule has 0 N–H and O–H groups in total. The van der Waals surface area contributed by atoms with Crippen LogP contribution in [-0.2, 0) is 23.7 Å². The molecular weight excluding hydrogens is 238 g/mol. The number of nitrogens with zero attached hydrogens (tertiary/aromatic N) is 1. The highest BCUT2D eigenvalue weighted by molar-refractivity contribution is 5.75. The van der Waals surface area contributed by atoms with Crippen molar-refractivity contribution in [2.24, 2.45) is 0 Å². The Bertz CT molecular complexity index is 322. The van der Waals surface area contributed by atoms with Gasteiger partial charge in [-0.1, -0.05) is 0 Å². The van der Waals surface area contributed by atoms with Crippen LogP contribution in [0.3, 0.4) is 0 Å². The Kier molecular flexibility index (Phi) is 5.13. The maximum atomic E-state index is 11.6.